The molecular formula is C24H24N4O6. The third kappa shape index (κ3) is 4.75. The molecule has 2 N–H and O–H groups in total. The number of rotatable bonds is 8. The third-order valence-corrected chi connectivity index (χ3v) is 5.45. The number of carbonyl (C=O) groups is 3. The fraction of sp³-hybridized carbons (Fsp3) is 0.292. The van der Waals surface area contributed by atoms with Gasteiger partial charge in [-0.25, -0.2) is 9.42 Å². The number of anilines is 1. The van der Waals surface area contributed by atoms with E-state index in [1.54, 1.807) is 0 Å². The molecule has 0 bridgehead atoms. The number of carbonyl (C=O) groups excluding carboxylic acids is 2. The molecule has 0 unspecified atom stereocenters. The Bertz CT molecular complexity index is 1180. The molecule has 4 rings (SSSR count). The number of benzene rings is 2. The van der Waals surface area contributed by atoms with E-state index in [1.165, 1.54) is 0 Å². The van der Waals surface area contributed by atoms with Gasteiger partial charge in [-0.15, -0.1) is 0 Å². The van der Waals surface area contributed by atoms with E-state index in [4.69, 9.17) is 9.84 Å². The molecule has 1 heterocycles. The van der Waals surface area contributed by atoms with Gasteiger partial charge in [0, 0.05) is 12.5 Å². The second-order valence-electron chi connectivity index (χ2n) is 8.39. The van der Waals surface area contributed by atoms with Crippen molar-refractivity contribution in [1.29, 1.82) is 0 Å². The number of aliphatic carboxylic acids is 1. The van der Waals surface area contributed by atoms with Crippen LogP contribution in [0.2, 0.25) is 0 Å². The number of nitrogens with one attached hydrogen (secondary N) is 1. The molecule has 0 radical (unpaired) electrons. The molecule has 34 heavy (non-hydrogen) atoms. The van der Waals surface area contributed by atoms with Crippen LogP contribution in [0, 0.1) is 5.92 Å². The summed E-state index contributed by atoms with van der Waals surface area (Å²) in [6.45, 7) is 3.43. The maximum atomic E-state index is 12.8. The van der Waals surface area contributed by atoms with Gasteiger partial charge in [-0.2, -0.15) is 0 Å². The predicted molar refractivity (Wildman–Crippen MR) is 121 cm³/mol. The molecule has 2 aromatic carbocycles. The smallest absolute Gasteiger partial charge is 0.412 e. The van der Waals surface area contributed by atoms with Gasteiger partial charge in [0.05, 0.1) is 0 Å². The monoisotopic (exact) mass is 464 g/mol. The van der Waals surface area contributed by atoms with E-state index in [0.29, 0.717) is 0 Å². The van der Waals surface area contributed by atoms with E-state index in [2.05, 4.69) is 20.3 Å². The second kappa shape index (κ2) is 9.74. The lowest BCUT2D eigenvalue weighted by Crippen LogP contribution is -2.38. The van der Waals surface area contributed by atoms with Crippen LogP contribution in [-0.4, -0.2) is 58.0 Å². The third-order valence-electron chi connectivity index (χ3n) is 5.45. The van der Waals surface area contributed by atoms with E-state index in [1.807, 2.05) is 62.4 Å². The van der Waals surface area contributed by atoms with Crippen LogP contribution in [0.5, 0.6) is 0 Å². The first-order valence-electron chi connectivity index (χ1n) is 10.8. The summed E-state index contributed by atoms with van der Waals surface area (Å²) < 4.78 is 10.1. The Kier molecular flexibility index (Phi) is 6.58. The van der Waals surface area contributed by atoms with Gasteiger partial charge in [0.25, 0.3) is 5.91 Å². The molecule has 10 nitrogen and oxygen atoms in total. The fourth-order valence-electron chi connectivity index (χ4n) is 4.12. The molecule has 0 saturated carbocycles. The average Bonchev–Trinajstić information content (AvgIpc) is 3.38. The standard InChI is InChI=1S/C24H24N4O6/c1-14(2)11-28(12-20(29)30)23(31)21-22(27-34-26-21)25-24(32)33-13-19-17-9-5-3-7-15(17)16-8-4-6-10-18(16)19/h3-10,14,19H,11-13H2,1-2H3,(H,29,30)(H,25,27,32). The molecule has 2 amide bonds. The van der Waals surface area contributed by atoms with Crippen molar-refractivity contribution in [1.82, 2.24) is 15.2 Å². The lowest BCUT2D eigenvalue weighted by atomic mass is 9.98. The van der Waals surface area contributed by atoms with Gasteiger partial charge in [-0.05, 0) is 38.5 Å². The maximum absolute atomic E-state index is 12.8. The van der Waals surface area contributed by atoms with Crippen LogP contribution in [-0.2, 0) is 9.53 Å². The van der Waals surface area contributed by atoms with Crippen LogP contribution in [0.3, 0.4) is 0 Å². The van der Waals surface area contributed by atoms with Crippen LogP contribution in [0.1, 0.15) is 41.4 Å². The van der Waals surface area contributed by atoms with Crippen molar-refractivity contribution >= 4 is 23.8 Å². The minimum absolute atomic E-state index is 0.0155. The van der Waals surface area contributed by atoms with E-state index >= 15 is 0 Å². The predicted octanol–water partition coefficient (Wildman–Crippen LogP) is 3.61. The molecule has 0 saturated heterocycles. The summed E-state index contributed by atoms with van der Waals surface area (Å²) in [6.07, 6.45) is -0.833. The molecule has 176 valence electrons. The number of hydrogen-bond acceptors (Lipinski definition) is 7. The van der Waals surface area contributed by atoms with Gasteiger partial charge in [-0.1, -0.05) is 62.4 Å². The average molecular weight is 464 g/mol. The first kappa shape index (κ1) is 23.0. The molecule has 3 aromatic rings. The number of fused-ring (bicyclic) bond motifs is 3. The van der Waals surface area contributed by atoms with Gasteiger partial charge in [0.15, 0.2) is 0 Å². The van der Waals surface area contributed by atoms with Crippen molar-refractivity contribution in [2.75, 3.05) is 25.0 Å². The Morgan fingerprint density at radius 3 is 2.26 bits per heavy atom. The minimum Gasteiger partial charge on any atom is -0.480 e. The highest BCUT2D eigenvalue weighted by Gasteiger charge is 2.30. The SMILES string of the molecule is CC(C)CN(CC(=O)O)C(=O)c1nonc1NC(=O)OCC1c2ccccc2-c2ccccc21. The van der Waals surface area contributed by atoms with Gasteiger partial charge < -0.3 is 14.7 Å². The molecule has 0 atom stereocenters. The summed E-state index contributed by atoms with van der Waals surface area (Å²) in [7, 11) is 0. The second-order valence-corrected chi connectivity index (χ2v) is 8.39. The van der Waals surface area contributed by atoms with Gasteiger partial charge in [-0.3, -0.25) is 14.9 Å². The highest BCUT2D eigenvalue weighted by atomic mass is 16.6. The van der Waals surface area contributed by atoms with Crippen molar-refractivity contribution < 1.29 is 28.9 Å². The number of aromatic nitrogens is 2. The normalized spacial score (nSPS) is 12.2. The molecule has 0 spiro atoms. The van der Waals surface area contributed by atoms with Crippen LogP contribution < -0.4 is 5.32 Å². The summed E-state index contributed by atoms with van der Waals surface area (Å²) in [5.41, 5.74) is 4.03. The van der Waals surface area contributed by atoms with E-state index in [0.717, 1.165) is 27.2 Å². The topological polar surface area (TPSA) is 135 Å². The van der Waals surface area contributed by atoms with Crippen molar-refractivity contribution in [3.8, 4) is 11.1 Å². The molecule has 1 aliphatic carbocycles. The largest absolute Gasteiger partial charge is 0.480 e. The molecule has 1 aliphatic rings. The van der Waals surface area contributed by atoms with Crippen LogP contribution in [0.25, 0.3) is 11.1 Å². The minimum atomic E-state index is -1.17. The molecule has 1 aromatic heterocycles. The first-order chi connectivity index (χ1) is 16.3. The Balaban J connectivity index is 1.45. The molecule has 0 aliphatic heterocycles. The van der Waals surface area contributed by atoms with E-state index in [9.17, 15) is 14.4 Å². The number of nitrogens with zero attached hydrogens (tertiary/aromatic N) is 3. The van der Waals surface area contributed by atoms with Crippen molar-refractivity contribution in [3.63, 3.8) is 0 Å². The number of carboxylic acid groups (broad SMARTS) is 1. The zero-order valence-corrected chi connectivity index (χ0v) is 18.7. The molecular weight excluding hydrogens is 440 g/mol. The number of carboxylic acids is 1. The van der Waals surface area contributed by atoms with Crippen LogP contribution in [0.15, 0.2) is 53.2 Å². The van der Waals surface area contributed by atoms with Crippen molar-refractivity contribution in [3.05, 3.63) is 65.4 Å². The quantitative estimate of drug-likeness (QED) is 0.516. The van der Waals surface area contributed by atoms with E-state index < -0.39 is 24.5 Å². The lowest BCUT2D eigenvalue weighted by molar-refractivity contribution is -0.137. The van der Waals surface area contributed by atoms with Gasteiger partial charge >= 0.3 is 12.1 Å². The summed E-state index contributed by atoms with van der Waals surface area (Å²) >= 11 is 0. The molecule has 10 heteroatoms. The van der Waals surface area contributed by atoms with Crippen LogP contribution in [0.4, 0.5) is 10.6 Å². The van der Waals surface area contributed by atoms with Gasteiger partial charge in [0.2, 0.25) is 11.5 Å². The summed E-state index contributed by atoms with van der Waals surface area (Å²) in [5, 5.41) is 18.6. The zero-order chi connectivity index (χ0) is 24.2. The Morgan fingerprint density at radius 1 is 1.06 bits per heavy atom. The Labute approximate surface area is 195 Å². The highest BCUT2D eigenvalue weighted by Crippen LogP contribution is 2.44. The van der Waals surface area contributed by atoms with E-state index in [-0.39, 0.29) is 36.5 Å². The first-order valence-corrected chi connectivity index (χ1v) is 10.8. The van der Waals surface area contributed by atoms with Crippen molar-refractivity contribution in [2.45, 2.75) is 19.8 Å². The fourth-order valence-corrected chi connectivity index (χ4v) is 4.12. The Hall–Kier alpha value is -4.21. The Morgan fingerprint density at radius 2 is 1.68 bits per heavy atom. The molecule has 0 fully saturated rings. The zero-order valence-electron chi connectivity index (χ0n) is 18.7. The summed E-state index contributed by atoms with van der Waals surface area (Å²) in [4.78, 5) is 37.6. The van der Waals surface area contributed by atoms with Crippen LogP contribution >= 0.6 is 0 Å². The van der Waals surface area contributed by atoms with Gasteiger partial charge in [0.1, 0.15) is 13.2 Å². The summed E-state index contributed by atoms with van der Waals surface area (Å²) in [5.74, 6) is -2.24. The van der Waals surface area contributed by atoms with Crippen molar-refractivity contribution in [2.24, 2.45) is 5.92 Å². The maximum Gasteiger partial charge on any atom is 0.412 e. The lowest BCUT2D eigenvalue weighted by Gasteiger charge is -2.21. The summed E-state index contributed by atoms with van der Waals surface area (Å²) in [6, 6.07) is 15.9. The highest BCUT2D eigenvalue weighted by molar-refractivity contribution is 6.00. The number of ether oxygens (including phenoxy) is 1. The number of amides is 2. The number of hydrogen-bond donors (Lipinski definition) is 2.